The van der Waals surface area contributed by atoms with Crippen LogP contribution in [0, 0.1) is 12.1 Å². The largest absolute Gasteiger partial charge is 0.371 e. The number of rotatable bonds is 0. The van der Waals surface area contributed by atoms with E-state index in [-0.39, 0.29) is 0 Å². The van der Waals surface area contributed by atoms with E-state index in [2.05, 4.69) is 5.32 Å². The predicted octanol–water partition coefficient (Wildman–Crippen LogP) is 1.01. The lowest BCUT2D eigenvalue weighted by molar-refractivity contribution is 0.184. The fourth-order valence-electron chi connectivity index (χ4n) is 1.96. The lowest BCUT2D eigenvalue weighted by Crippen LogP contribution is -2.35. The van der Waals surface area contributed by atoms with Crippen LogP contribution < -0.4 is 5.32 Å². The van der Waals surface area contributed by atoms with Crippen LogP contribution in [0.4, 0.5) is 0 Å². The van der Waals surface area contributed by atoms with Crippen LogP contribution in [0.15, 0.2) is 0 Å². The van der Waals surface area contributed by atoms with Crippen LogP contribution in [0.1, 0.15) is 25.7 Å². The summed E-state index contributed by atoms with van der Waals surface area (Å²) < 4.78 is 0. The summed E-state index contributed by atoms with van der Waals surface area (Å²) in [6.07, 6.45) is 5.27. The Morgan fingerprint density at radius 1 is 1.44 bits per heavy atom. The second-order valence-electron chi connectivity index (χ2n) is 3.17. The van der Waals surface area contributed by atoms with Gasteiger partial charge < -0.3 is 5.11 Å². The van der Waals surface area contributed by atoms with Gasteiger partial charge in [0.2, 0.25) is 0 Å². The standard InChI is InChI=1S/C7H12NO/c9-7-4-5-1-2-6(3-5)8-7/h5-6,8-9H,1-4H2. The normalized spacial score (nSPS) is 43.7. The second kappa shape index (κ2) is 1.96. The average molecular weight is 126 g/mol. The molecular formula is C7H12NO. The Hall–Kier alpha value is -0.0800. The van der Waals surface area contributed by atoms with Crippen molar-refractivity contribution in [3.63, 3.8) is 0 Å². The van der Waals surface area contributed by atoms with Gasteiger partial charge in [-0.05, 0) is 31.6 Å². The smallest absolute Gasteiger partial charge is 0.159 e. The SMILES string of the molecule is O[C]1CC2CCC(C2)N1. The first kappa shape index (κ1) is 5.69. The number of piperidine rings is 1. The van der Waals surface area contributed by atoms with Crippen LogP contribution in [0.3, 0.4) is 0 Å². The third kappa shape index (κ3) is 0.970. The molecule has 2 unspecified atom stereocenters. The quantitative estimate of drug-likeness (QED) is 0.507. The highest BCUT2D eigenvalue weighted by Crippen LogP contribution is 2.35. The number of hydrogen-bond acceptors (Lipinski definition) is 2. The molecule has 0 aromatic rings. The molecule has 1 aliphatic carbocycles. The van der Waals surface area contributed by atoms with E-state index >= 15 is 0 Å². The van der Waals surface area contributed by atoms with E-state index in [4.69, 9.17) is 5.11 Å². The van der Waals surface area contributed by atoms with Crippen molar-refractivity contribution < 1.29 is 5.11 Å². The molecule has 2 nitrogen and oxygen atoms in total. The number of aliphatic hydroxyl groups excluding tert-OH is 1. The van der Waals surface area contributed by atoms with Crippen molar-refractivity contribution in [1.82, 2.24) is 5.32 Å². The molecule has 0 aromatic carbocycles. The summed E-state index contributed by atoms with van der Waals surface area (Å²) in [5.41, 5.74) is 0. The number of fused-ring (bicyclic) bond motifs is 2. The molecule has 0 amide bonds. The Labute approximate surface area is 55.3 Å². The summed E-state index contributed by atoms with van der Waals surface area (Å²) >= 11 is 0. The summed E-state index contributed by atoms with van der Waals surface area (Å²) in [4.78, 5) is 0. The Morgan fingerprint density at radius 3 is 3.11 bits per heavy atom. The highest BCUT2D eigenvalue weighted by Gasteiger charge is 2.32. The molecule has 2 bridgehead atoms. The van der Waals surface area contributed by atoms with Crippen molar-refractivity contribution >= 4 is 0 Å². The molecule has 2 heteroatoms. The summed E-state index contributed by atoms with van der Waals surface area (Å²) in [5, 5.41) is 12.2. The van der Waals surface area contributed by atoms with E-state index in [1.165, 1.54) is 19.3 Å². The predicted molar refractivity (Wildman–Crippen MR) is 34.1 cm³/mol. The van der Waals surface area contributed by atoms with Gasteiger partial charge in [-0.1, -0.05) is 0 Å². The van der Waals surface area contributed by atoms with Gasteiger partial charge >= 0.3 is 0 Å². The zero-order valence-corrected chi connectivity index (χ0v) is 5.43. The molecule has 2 atom stereocenters. The first-order valence-electron chi connectivity index (χ1n) is 3.66. The Balaban J connectivity index is 2.03. The monoisotopic (exact) mass is 126 g/mol. The highest BCUT2D eigenvalue weighted by atomic mass is 16.3. The number of aliphatic hydroxyl groups is 1. The summed E-state index contributed by atoms with van der Waals surface area (Å²) in [7, 11) is 0. The average Bonchev–Trinajstić information content (AvgIpc) is 2.11. The Kier molecular flexibility index (Phi) is 1.24. The van der Waals surface area contributed by atoms with Crippen LogP contribution >= 0.6 is 0 Å². The van der Waals surface area contributed by atoms with E-state index in [9.17, 15) is 0 Å². The lowest BCUT2D eigenvalue weighted by atomic mass is 10.00. The van der Waals surface area contributed by atoms with Gasteiger partial charge in [0.15, 0.2) is 6.23 Å². The van der Waals surface area contributed by atoms with Crippen LogP contribution in [0.2, 0.25) is 0 Å². The molecule has 1 saturated heterocycles. The highest BCUT2D eigenvalue weighted by molar-refractivity contribution is 4.94. The molecule has 2 aliphatic rings. The molecule has 0 aromatic heterocycles. The Bertz CT molecular complexity index is 103. The number of nitrogens with one attached hydrogen (secondary N) is 1. The van der Waals surface area contributed by atoms with Gasteiger partial charge in [0.05, 0.1) is 0 Å². The number of hydrogen-bond donors (Lipinski definition) is 2. The molecule has 0 spiro atoms. The van der Waals surface area contributed by atoms with E-state index in [0.29, 0.717) is 12.3 Å². The lowest BCUT2D eigenvalue weighted by Gasteiger charge is -2.23. The molecule has 2 fully saturated rings. The minimum atomic E-state index is 0.522. The van der Waals surface area contributed by atoms with Crippen molar-refractivity contribution in [3.05, 3.63) is 6.23 Å². The van der Waals surface area contributed by atoms with Crippen LogP contribution in [0.25, 0.3) is 0 Å². The van der Waals surface area contributed by atoms with Gasteiger partial charge in [-0.25, -0.2) is 0 Å². The molecular weight excluding hydrogens is 114 g/mol. The summed E-state index contributed by atoms with van der Waals surface area (Å²) in [6.45, 7) is 0. The van der Waals surface area contributed by atoms with Gasteiger partial charge in [0.1, 0.15) is 0 Å². The van der Waals surface area contributed by atoms with Crippen molar-refractivity contribution in [1.29, 1.82) is 0 Å². The van der Waals surface area contributed by atoms with Gasteiger partial charge in [0, 0.05) is 6.04 Å². The minimum Gasteiger partial charge on any atom is -0.371 e. The van der Waals surface area contributed by atoms with Gasteiger partial charge in [-0.3, -0.25) is 5.32 Å². The van der Waals surface area contributed by atoms with Crippen molar-refractivity contribution in [3.8, 4) is 0 Å². The van der Waals surface area contributed by atoms with Gasteiger partial charge in [-0.2, -0.15) is 0 Å². The second-order valence-corrected chi connectivity index (χ2v) is 3.17. The minimum absolute atomic E-state index is 0.522. The fraction of sp³-hybridized carbons (Fsp3) is 0.857. The van der Waals surface area contributed by atoms with Crippen molar-refractivity contribution in [2.45, 2.75) is 31.7 Å². The summed E-state index contributed by atoms with van der Waals surface area (Å²) in [5.74, 6) is 0.788. The van der Waals surface area contributed by atoms with Crippen molar-refractivity contribution in [2.75, 3.05) is 0 Å². The molecule has 1 saturated carbocycles. The summed E-state index contributed by atoms with van der Waals surface area (Å²) in [6, 6.07) is 0.601. The van der Waals surface area contributed by atoms with Crippen molar-refractivity contribution in [2.24, 2.45) is 5.92 Å². The fourth-order valence-corrected chi connectivity index (χ4v) is 1.96. The maximum absolute atomic E-state index is 9.10. The van der Waals surface area contributed by atoms with Crippen LogP contribution in [-0.4, -0.2) is 11.1 Å². The topological polar surface area (TPSA) is 32.3 Å². The first-order chi connectivity index (χ1) is 4.34. The van der Waals surface area contributed by atoms with E-state index in [1.54, 1.807) is 0 Å². The van der Waals surface area contributed by atoms with Gasteiger partial charge in [-0.15, -0.1) is 0 Å². The maximum atomic E-state index is 9.10. The molecule has 9 heavy (non-hydrogen) atoms. The molecule has 1 heterocycles. The molecule has 51 valence electrons. The van der Waals surface area contributed by atoms with E-state index in [0.717, 1.165) is 12.3 Å². The third-order valence-corrected chi connectivity index (χ3v) is 2.39. The zero-order valence-electron chi connectivity index (χ0n) is 5.43. The Morgan fingerprint density at radius 2 is 2.33 bits per heavy atom. The maximum Gasteiger partial charge on any atom is 0.159 e. The third-order valence-electron chi connectivity index (χ3n) is 2.39. The zero-order chi connectivity index (χ0) is 6.27. The molecule has 1 radical (unpaired) electrons. The molecule has 1 aliphatic heterocycles. The van der Waals surface area contributed by atoms with Crippen LogP contribution in [-0.2, 0) is 0 Å². The van der Waals surface area contributed by atoms with Gasteiger partial charge in [0.25, 0.3) is 0 Å². The van der Waals surface area contributed by atoms with Crippen LogP contribution in [0.5, 0.6) is 0 Å². The first-order valence-corrected chi connectivity index (χ1v) is 3.66. The van der Waals surface area contributed by atoms with E-state index < -0.39 is 0 Å². The molecule has 2 rings (SSSR count). The molecule has 2 N–H and O–H groups in total. The van der Waals surface area contributed by atoms with E-state index in [1.807, 2.05) is 0 Å².